The molecule has 1 aromatic heterocycles. The van der Waals surface area contributed by atoms with Crippen molar-refractivity contribution >= 4 is 12.0 Å². The highest BCUT2D eigenvalue weighted by atomic mass is 16.1. The third kappa shape index (κ3) is 3.51. The highest BCUT2D eigenvalue weighted by Gasteiger charge is 2.08. The number of amides is 1. The summed E-state index contributed by atoms with van der Waals surface area (Å²) in [6.07, 6.45) is 5.06. The summed E-state index contributed by atoms with van der Waals surface area (Å²) in [5.74, 6) is -0.112. The molecule has 1 N–H and O–H groups in total. The number of nitrogens with zero attached hydrogens (tertiary/aromatic N) is 1. The summed E-state index contributed by atoms with van der Waals surface area (Å²) in [5, 5.41) is 2.72. The van der Waals surface area contributed by atoms with Crippen LogP contribution in [-0.2, 0) is 4.79 Å². The summed E-state index contributed by atoms with van der Waals surface area (Å²) in [4.78, 5) is 11.6. The number of para-hydroxylation sites is 1. The second kappa shape index (κ2) is 6.75. The van der Waals surface area contributed by atoms with Gasteiger partial charge in [-0.25, -0.2) is 0 Å². The van der Waals surface area contributed by atoms with E-state index in [2.05, 4.69) is 48.5 Å². The molecule has 0 aliphatic heterocycles. The second-order valence-corrected chi connectivity index (χ2v) is 4.86. The topological polar surface area (TPSA) is 34.0 Å². The third-order valence-electron chi connectivity index (χ3n) is 3.32. The van der Waals surface area contributed by atoms with E-state index < -0.39 is 0 Å². The van der Waals surface area contributed by atoms with Crippen LogP contribution in [0.4, 0.5) is 0 Å². The fourth-order valence-electron chi connectivity index (χ4n) is 2.33. The van der Waals surface area contributed by atoms with Crippen molar-refractivity contribution in [3.05, 3.63) is 72.1 Å². The molecule has 2 rings (SSSR count). The highest BCUT2D eigenvalue weighted by molar-refractivity contribution is 5.92. The predicted molar refractivity (Wildman–Crippen MR) is 87.5 cm³/mol. The maximum absolute atomic E-state index is 11.6. The Hall–Kier alpha value is -2.55. The van der Waals surface area contributed by atoms with Crippen molar-refractivity contribution in [1.29, 1.82) is 0 Å². The maximum atomic E-state index is 11.6. The first-order chi connectivity index (χ1) is 10.1. The molecule has 1 heterocycles. The number of nitrogens with one attached hydrogen (secondary N) is 1. The van der Waals surface area contributed by atoms with E-state index in [1.165, 1.54) is 0 Å². The largest absolute Gasteiger partial charge is 0.349 e. The van der Waals surface area contributed by atoms with E-state index in [9.17, 15) is 4.79 Å². The first-order valence-corrected chi connectivity index (χ1v) is 6.94. The Labute approximate surface area is 125 Å². The van der Waals surface area contributed by atoms with Crippen LogP contribution >= 0.6 is 0 Å². The number of hydrogen-bond acceptors (Lipinski definition) is 1. The van der Waals surface area contributed by atoms with Crippen LogP contribution in [0.15, 0.2) is 55.1 Å². The summed E-state index contributed by atoms with van der Waals surface area (Å²) in [5.41, 5.74) is 4.43. The summed E-state index contributed by atoms with van der Waals surface area (Å²) in [7, 11) is 0. The maximum Gasteiger partial charge on any atom is 0.244 e. The van der Waals surface area contributed by atoms with Crippen LogP contribution in [0.3, 0.4) is 0 Å². The smallest absolute Gasteiger partial charge is 0.244 e. The fourth-order valence-corrected chi connectivity index (χ4v) is 2.33. The van der Waals surface area contributed by atoms with Crippen molar-refractivity contribution in [2.45, 2.75) is 13.8 Å². The molecular formula is C18H20N2O. The summed E-state index contributed by atoms with van der Waals surface area (Å²) in [6.45, 7) is 8.17. The van der Waals surface area contributed by atoms with Crippen molar-refractivity contribution < 1.29 is 4.79 Å². The van der Waals surface area contributed by atoms with Crippen LogP contribution in [0, 0.1) is 13.8 Å². The van der Waals surface area contributed by atoms with Gasteiger partial charge < -0.3 is 9.88 Å². The highest BCUT2D eigenvalue weighted by Crippen LogP contribution is 2.21. The van der Waals surface area contributed by atoms with Crippen molar-refractivity contribution in [2.75, 3.05) is 6.54 Å². The van der Waals surface area contributed by atoms with E-state index in [0.717, 1.165) is 22.6 Å². The first-order valence-electron chi connectivity index (χ1n) is 6.94. The van der Waals surface area contributed by atoms with Gasteiger partial charge in [0.2, 0.25) is 5.91 Å². The Morgan fingerprint density at radius 2 is 2.00 bits per heavy atom. The molecule has 2 aromatic rings. The van der Waals surface area contributed by atoms with Crippen LogP contribution in [-0.4, -0.2) is 17.0 Å². The molecule has 0 radical (unpaired) electrons. The Bertz CT molecular complexity index is 666. The standard InChI is InChI=1S/C18H20N2O/c1-4-12-19-18(21)11-10-16-13-14(2)20(15(16)3)17-8-6-5-7-9-17/h4-11,13H,1,12H2,2-3H3,(H,19,21)/b11-10+. The summed E-state index contributed by atoms with van der Waals surface area (Å²) < 4.78 is 2.18. The molecule has 0 atom stereocenters. The molecule has 0 saturated heterocycles. The van der Waals surface area contributed by atoms with Crippen LogP contribution in [0.5, 0.6) is 0 Å². The Morgan fingerprint density at radius 3 is 2.67 bits per heavy atom. The van der Waals surface area contributed by atoms with Gasteiger partial charge in [0.25, 0.3) is 0 Å². The SMILES string of the molecule is C=CCNC(=O)/C=C/c1cc(C)n(-c2ccccc2)c1C. The van der Waals surface area contributed by atoms with Crippen LogP contribution < -0.4 is 5.32 Å². The van der Waals surface area contributed by atoms with Gasteiger partial charge in [-0.1, -0.05) is 24.3 Å². The van der Waals surface area contributed by atoms with Crippen LogP contribution in [0.1, 0.15) is 17.0 Å². The minimum Gasteiger partial charge on any atom is -0.349 e. The zero-order chi connectivity index (χ0) is 15.2. The molecule has 3 nitrogen and oxygen atoms in total. The van der Waals surface area contributed by atoms with Gasteiger partial charge in [-0.2, -0.15) is 0 Å². The first kappa shape index (κ1) is 14.9. The average Bonchev–Trinajstić information content (AvgIpc) is 2.78. The molecule has 0 bridgehead atoms. The average molecular weight is 280 g/mol. The lowest BCUT2D eigenvalue weighted by molar-refractivity contribution is -0.116. The van der Waals surface area contributed by atoms with Gasteiger partial charge in [-0.15, -0.1) is 6.58 Å². The molecule has 0 unspecified atom stereocenters. The van der Waals surface area contributed by atoms with Gasteiger partial charge in [0.15, 0.2) is 0 Å². The van der Waals surface area contributed by atoms with E-state index in [0.29, 0.717) is 6.54 Å². The molecule has 0 aliphatic rings. The van der Waals surface area contributed by atoms with Gasteiger partial charge in [0.1, 0.15) is 0 Å². The Balaban J connectivity index is 2.26. The lowest BCUT2D eigenvalue weighted by Crippen LogP contribution is -2.20. The zero-order valence-corrected chi connectivity index (χ0v) is 12.5. The molecule has 0 saturated carbocycles. The molecule has 21 heavy (non-hydrogen) atoms. The predicted octanol–water partition coefficient (Wildman–Crippen LogP) is 3.41. The molecule has 0 spiro atoms. The fraction of sp³-hybridized carbons (Fsp3) is 0.167. The van der Waals surface area contributed by atoms with E-state index in [1.54, 1.807) is 12.2 Å². The molecule has 0 fully saturated rings. The molecular weight excluding hydrogens is 260 g/mol. The number of carbonyl (C=O) groups excluding carboxylic acids is 1. The van der Waals surface area contributed by atoms with Gasteiger partial charge >= 0.3 is 0 Å². The molecule has 1 aromatic carbocycles. The van der Waals surface area contributed by atoms with Gasteiger partial charge in [-0.3, -0.25) is 4.79 Å². The quantitative estimate of drug-likeness (QED) is 0.661. The molecule has 1 amide bonds. The monoisotopic (exact) mass is 280 g/mol. The lowest BCUT2D eigenvalue weighted by atomic mass is 10.2. The number of aromatic nitrogens is 1. The number of aryl methyl sites for hydroxylation is 1. The van der Waals surface area contributed by atoms with Gasteiger partial charge in [0.05, 0.1) is 0 Å². The van der Waals surface area contributed by atoms with E-state index >= 15 is 0 Å². The minimum atomic E-state index is -0.112. The number of rotatable bonds is 5. The summed E-state index contributed by atoms with van der Waals surface area (Å²) >= 11 is 0. The van der Waals surface area contributed by atoms with Crippen molar-refractivity contribution in [3.8, 4) is 5.69 Å². The summed E-state index contributed by atoms with van der Waals surface area (Å²) in [6, 6.07) is 12.3. The number of hydrogen-bond donors (Lipinski definition) is 1. The minimum absolute atomic E-state index is 0.112. The third-order valence-corrected chi connectivity index (χ3v) is 3.32. The Kier molecular flexibility index (Phi) is 4.77. The normalized spacial score (nSPS) is 10.8. The van der Waals surface area contributed by atoms with E-state index in [-0.39, 0.29) is 5.91 Å². The molecule has 0 aliphatic carbocycles. The van der Waals surface area contributed by atoms with Gasteiger partial charge in [0, 0.05) is 29.7 Å². The Morgan fingerprint density at radius 1 is 1.29 bits per heavy atom. The van der Waals surface area contributed by atoms with Crippen molar-refractivity contribution in [1.82, 2.24) is 9.88 Å². The molecule has 3 heteroatoms. The lowest BCUT2D eigenvalue weighted by Gasteiger charge is -2.09. The van der Waals surface area contributed by atoms with Crippen LogP contribution in [0.2, 0.25) is 0 Å². The van der Waals surface area contributed by atoms with E-state index in [1.807, 2.05) is 24.3 Å². The van der Waals surface area contributed by atoms with Gasteiger partial charge in [-0.05, 0) is 43.7 Å². The number of benzene rings is 1. The number of carbonyl (C=O) groups is 1. The van der Waals surface area contributed by atoms with Crippen molar-refractivity contribution in [3.63, 3.8) is 0 Å². The van der Waals surface area contributed by atoms with E-state index in [4.69, 9.17) is 0 Å². The zero-order valence-electron chi connectivity index (χ0n) is 12.5. The van der Waals surface area contributed by atoms with Crippen molar-refractivity contribution in [2.24, 2.45) is 0 Å². The second-order valence-electron chi connectivity index (χ2n) is 4.86. The molecule has 108 valence electrons. The van der Waals surface area contributed by atoms with Crippen LogP contribution in [0.25, 0.3) is 11.8 Å².